The molecule has 0 heterocycles. The van der Waals surface area contributed by atoms with Gasteiger partial charge in [0.05, 0.1) is 7.11 Å². The van der Waals surface area contributed by atoms with Gasteiger partial charge in [-0.25, -0.2) is 9.18 Å². The third kappa shape index (κ3) is 3.31. The lowest BCUT2D eigenvalue weighted by molar-refractivity contribution is 0.0469. The van der Waals surface area contributed by atoms with Gasteiger partial charge in [-0.15, -0.1) is 0 Å². The van der Waals surface area contributed by atoms with E-state index in [2.05, 4.69) is 0 Å². The molecule has 0 atom stereocenters. The van der Waals surface area contributed by atoms with Gasteiger partial charge in [0, 0.05) is 0 Å². The fourth-order valence-electron chi connectivity index (χ4n) is 2.36. The highest BCUT2D eigenvalue weighted by molar-refractivity contribution is 5.98. The first-order chi connectivity index (χ1) is 11.2. The van der Waals surface area contributed by atoms with Crippen LogP contribution in [0, 0.1) is 5.82 Å². The van der Waals surface area contributed by atoms with Gasteiger partial charge in [-0.3, -0.25) is 0 Å². The van der Waals surface area contributed by atoms with E-state index in [9.17, 15) is 9.18 Å². The van der Waals surface area contributed by atoms with Crippen LogP contribution in [0.5, 0.6) is 5.75 Å². The molecule has 0 saturated carbocycles. The zero-order valence-corrected chi connectivity index (χ0v) is 12.6. The Bertz CT molecular complexity index is 841. The molecule has 3 nitrogen and oxygen atoms in total. The van der Waals surface area contributed by atoms with E-state index in [-0.39, 0.29) is 12.4 Å². The van der Waals surface area contributed by atoms with Crippen molar-refractivity contribution >= 4 is 16.7 Å². The van der Waals surface area contributed by atoms with Crippen molar-refractivity contribution in [3.63, 3.8) is 0 Å². The fraction of sp³-hybridized carbons (Fsp3) is 0.105. The quantitative estimate of drug-likeness (QED) is 0.672. The second kappa shape index (κ2) is 6.48. The van der Waals surface area contributed by atoms with Crippen molar-refractivity contribution in [2.45, 2.75) is 6.61 Å². The first kappa shape index (κ1) is 15.0. The summed E-state index contributed by atoms with van der Waals surface area (Å²) in [7, 11) is 1.51. The van der Waals surface area contributed by atoms with Crippen molar-refractivity contribution in [3.05, 3.63) is 77.6 Å². The van der Waals surface area contributed by atoms with Crippen molar-refractivity contribution in [2.75, 3.05) is 7.11 Å². The number of carbonyl (C=O) groups excluding carboxylic acids is 1. The van der Waals surface area contributed by atoms with Crippen LogP contribution in [0.25, 0.3) is 10.8 Å². The molecule has 4 heteroatoms. The fourth-order valence-corrected chi connectivity index (χ4v) is 2.36. The Hall–Kier alpha value is -2.88. The summed E-state index contributed by atoms with van der Waals surface area (Å²) in [5.74, 6) is -0.332. The zero-order chi connectivity index (χ0) is 16.2. The molecule has 0 amide bonds. The maximum absolute atomic E-state index is 12.9. The third-order valence-electron chi connectivity index (χ3n) is 3.57. The third-order valence-corrected chi connectivity index (χ3v) is 3.57. The van der Waals surface area contributed by atoms with E-state index in [1.165, 1.54) is 19.2 Å². The van der Waals surface area contributed by atoms with Gasteiger partial charge in [-0.05, 0) is 40.6 Å². The summed E-state index contributed by atoms with van der Waals surface area (Å²) in [5.41, 5.74) is 1.09. The molecule has 116 valence electrons. The summed E-state index contributed by atoms with van der Waals surface area (Å²) in [4.78, 5) is 12.3. The van der Waals surface area contributed by atoms with Crippen molar-refractivity contribution < 1.29 is 18.7 Å². The minimum Gasteiger partial charge on any atom is -0.496 e. The molecule has 0 N–H and O–H groups in total. The molecule has 0 aliphatic heterocycles. The number of esters is 1. The van der Waals surface area contributed by atoms with Crippen LogP contribution in [0.1, 0.15) is 15.9 Å². The highest BCUT2D eigenvalue weighted by Crippen LogP contribution is 2.26. The average Bonchev–Trinajstić information content (AvgIpc) is 2.59. The van der Waals surface area contributed by atoms with Gasteiger partial charge in [0.1, 0.15) is 23.7 Å². The summed E-state index contributed by atoms with van der Waals surface area (Å²) >= 11 is 0. The lowest BCUT2D eigenvalue weighted by atomic mass is 10.1. The number of halogens is 1. The van der Waals surface area contributed by atoms with E-state index in [1.807, 2.05) is 30.3 Å². The first-order valence-corrected chi connectivity index (χ1v) is 7.16. The number of rotatable bonds is 4. The molecule has 0 fully saturated rings. The van der Waals surface area contributed by atoms with Crippen LogP contribution in [0.15, 0.2) is 60.7 Å². The van der Waals surface area contributed by atoms with Crippen LogP contribution < -0.4 is 4.74 Å². The molecule has 0 saturated heterocycles. The van der Waals surface area contributed by atoms with Crippen LogP contribution in [0.3, 0.4) is 0 Å². The number of benzene rings is 3. The number of hydrogen-bond acceptors (Lipinski definition) is 3. The van der Waals surface area contributed by atoms with Gasteiger partial charge < -0.3 is 9.47 Å². The number of carbonyl (C=O) groups is 1. The molecule has 0 aromatic heterocycles. The molecule has 0 aliphatic carbocycles. The molecule has 0 aliphatic rings. The van der Waals surface area contributed by atoms with Crippen LogP contribution in [0.4, 0.5) is 4.39 Å². The van der Waals surface area contributed by atoms with E-state index < -0.39 is 5.97 Å². The Balaban J connectivity index is 1.83. The molecule has 0 radical (unpaired) electrons. The normalized spacial score (nSPS) is 10.5. The molecule has 0 bridgehead atoms. The second-order valence-electron chi connectivity index (χ2n) is 5.10. The van der Waals surface area contributed by atoms with E-state index in [1.54, 1.807) is 18.2 Å². The summed E-state index contributed by atoms with van der Waals surface area (Å²) in [6, 6.07) is 17.1. The van der Waals surface area contributed by atoms with Gasteiger partial charge >= 0.3 is 5.97 Å². The summed E-state index contributed by atoms with van der Waals surface area (Å²) in [6.45, 7) is 0.0785. The van der Waals surface area contributed by atoms with Crippen molar-refractivity contribution in [2.24, 2.45) is 0 Å². The second-order valence-corrected chi connectivity index (χ2v) is 5.10. The molecule has 3 rings (SSSR count). The van der Waals surface area contributed by atoms with Crippen molar-refractivity contribution in [1.82, 2.24) is 0 Å². The highest BCUT2D eigenvalue weighted by Gasteiger charge is 2.15. The van der Waals surface area contributed by atoms with Gasteiger partial charge in [0.15, 0.2) is 0 Å². The van der Waals surface area contributed by atoms with Crippen LogP contribution in [-0.2, 0) is 11.3 Å². The zero-order valence-electron chi connectivity index (χ0n) is 12.6. The van der Waals surface area contributed by atoms with E-state index >= 15 is 0 Å². The molecular formula is C19H15FO3. The van der Waals surface area contributed by atoms with Gasteiger partial charge in [-0.1, -0.05) is 36.4 Å². The summed E-state index contributed by atoms with van der Waals surface area (Å²) in [6.07, 6.45) is 0. The smallest absolute Gasteiger partial charge is 0.342 e. The topological polar surface area (TPSA) is 35.5 Å². The van der Waals surface area contributed by atoms with Gasteiger partial charge in [0.2, 0.25) is 0 Å². The van der Waals surface area contributed by atoms with Crippen LogP contribution >= 0.6 is 0 Å². The SMILES string of the molecule is COc1cc2ccccc2cc1C(=O)OCc1ccc(F)cc1. The Kier molecular flexibility index (Phi) is 4.24. The van der Waals surface area contributed by atoms with Gasteiger partial charge in [-0.2, -0.15) is 0 Å². The molecule has 0 spiro atoms. The molecule has 3 aromatic rings. The largest absolute Gasteiger partial charge is 0.496 e. The number of methoxy groups -OCH3 is 1. The van der Waals surface area contributed by atoms with E-state index in [0.29, 0.717) is 11.3 Å². The van der Waals surface area contributed by atoms with Crippen molar-refractivity contribution in [3.8, 4) is 5.75 Å². The maximum Gasteiger partial charge on any atom is 0.342 e. The minimum atomic E-state index is -0.475. The monoisotopic (exact) mass is 310 g/mol. The number of hydrogen-bond donors (Lipinski definition) is 0. The molecule has 23 heavy (non-hydrogen) atoms. The number of fused-ring (bicyclic) bond motifs is 1. The molecule has 3 aromatic carbocycles. The highest BCUT2D eigenvalue weighted by atomic mass is 19.1. The van der Waals surface area contributed by atoms with Crippen LogP contribution in [0.2, 0.25) is 0 Å². The molecule has 0 unspecified atom stereocenters. The lowest BCUT2D eigenvalue weighted by Gasteiger charge is -2.10. The summed E-state index contributed by atoms with van der Waals surface area (Å²) in [5, 5.41) is 1.92. The standard InChI is InChI=1S/C19H15FO3/c1-22-18-11-15-5-3-2-4-14(15)10-17(18)19(21)23-12-13-6-8-16(20)9-7-13/h2-11H,12H2,1H3. The lowest BCUT2D eigenvalue weighted by Crippen LogP contribution is -2.07. The Morgan fingerprint density at radius 2 is 1.65 bits per heavy atom. The van der Waals surface area contributed by atoms with E-state index in [0.717, 1.165) is 16.3 Å². The Morgan fingerprint density at radius 1 is 1.00 bits per heavy atom. The Labute approximate surface area is 133 Å². The first-order valence-electron chi connectivity index (χ1n) is 7.16. The predicted octanol–water partition coefficient (Wildman–Crippen LogP) is 4.34. The minimum absolute atomic E-state index is 0.0785. The van der Waals surface area contributed by atoms with Crippen molar-refractivity contribution in [1.29, 1.82) is 0 Å². The van der Waals surface area contributed by atoms with Crippen LogP contribution in [-0.4, -0.2) is 13.1 Å². The average molecular weight is 310 g/mol. The van der Waals surface area contributed by atoms with E-state index in [4.69, 9.17) is 9.47 Å². The number of ether oxygens (including phenoxy) is 2. The Morgan fingerprint density at radius 3 is 2.30 bits per heavy atom. The van der Waals surface area contributed by atoms with Gasteiger partial charge in [0.25, 0.3) is 0 Å². The summed E-state index contributed by atoms with van der Waals surface area (Å²) < 4.78 is 23.5. The predicted molar refractivity (Wildman–Crippen MR) is 86.0 cm³/mol. The molecular weight excluding hydrogens is 295 g/mol. The maximum atomic E-state index is 12.9.